The molecule has 0 aliphatic carbocycles. The van der Waals surface area contributed by atoms with Crippen molar-refractivity contribution < 1.29 is 19.3 Å². The number of methoxy groups -OCH3 is 3. The summed E-state index contributed by atoms with van der Waals surface area (Å²) in [6.45, 7) is 0. The molecule has 0 radical (unpaired) electrons. The third kappa shape index (κ3) is 2.76. The third-order valence-electron chi connectivity index (χ3n) is 3.69. The number of rotatable bonds is 5. The molecule has 124 valence electrons. The number of phenolic OH excluding ortho intramolecular Hbond substituents is 1. The standard InChI is InChI=1S/C18H17NO4S/c1-21-15-8-11(9-16(22-2)17(15)23-3)18-13(10-19-24-18)12-6-4-5-7-14(12)20/h4-10,20H,1-3H3. The van der Waals surface area contributed by atoms with Gasteiger partial charge in [-0.15, -0.1) is 0 Å². The van der Waals surface area contributed by atoms with Crippen molar-refractivity contribution in [3.05, 3.63) is 42.6 Å². The summed E-state index contributed by atoms with van der Waals surface area (Å²) >= 11 is 1.34. The predicted molar refractivity (Wildman–Crippen MR) is 94.3 cm³/mol. The lowest BCUT2D eigenvalue weighted by molar-refractivity contribution is 0.324. The van der Waals surface area contributed by atoms with Crippen molar-refractivity contribution in [2.24, 2.45) is 0 Å². The van der Waals surface area contributed by atoms with E-state index in [1.165, 1.54) is 11.5 Å². The Balaban J connectivity index is 2.18. The molecule has 24 heavy (non-hydrogen) atoms. The number of nitrogens with zero attached hydrogens (tertiary/aromatic N) is 1. The Labute approximate surface area is 144 Å². The maximum Gasteiger partial charge on any atom is 0.203 e. The highest BCUT2D eigenvalue weighted by Gasteiger charge is 2.18. The molecule has 3 rings (SSSR count). The average Bonchev–Trinajstić information content (AvgIpc) is 3.10. The van der Waals surface area contributed by atoms with E-state index in [0.717, 1.165) is 21.6 Å². The first-order valence-electron chi connectivity index (χ1n) is 7.23. The Morgan fingerprint density at radius 3 is 2.17 bits per heavy atom. The summed E-state index contributed by atoms with van der Waals surface area (Å²) in [7, 11) is 4.73. The number of para-hydroxylation sites is 1. The Morgan fingerprint density at radius 2 is 1.58 bits per heavy atom. The van der Waals surface area contributed by atoms with Gasteiger partial charge < -0.3 is 19.3 Å². The van der Waals surface area contributed by atoms with Crippen molar-refractivity contribution in [2.75, 3.05) is 21.3 Å². The molecule has 3 aromatic rings. The number of ether oxygens (including phenoxy) is 3. The molecule has 0 amide bonds. The monoisotopic (exact) mass is 343 g/mol. The van der Waals surface area contributed by atoms with Gasteiger partial charge in [0.1, 0.15) is 5.75 Å². The molecule has 2 aromatic carbocycles. The first-order valence-corrected chi connectivity index (χ1v) is 8.00. The summed E-state index contributed by atoms with van der Waals surface area (Å²) in [4.78, 5) is 0.913. The second-order valence-electron chi connectivity index (χ2n) is 5.00. The van der Waals surface area contributed by atoms with Gasteiger partial charge in [0.05, 0.1) is 26.2 Å². The van der Waals surface area contributed by atoms with Crippen molar-refractivity contribution >= 4 is 11.5 Å². The number of benzene rings is 2. The fourth-order valence-electron chi connectivity index (χ4n) is 2.55. The summed E-state index contributed by atoms with van der Waals surface area (Å²) < 4.78 is 20.5. The first kappa shape index (κ1) is 16.1. The molecule has 0 spiro atoms. The normalized spacial score (nSPS) is 10.5. The molecule has 0 saturated carbocycles. The smallest absolute Gasteiger partial charge is 0.203 e. The number of hydrogen-bond donors (Lipinski definition) is 1. The molecule has 5 nitrogen and oxygen atoms in total. The lowest BCUT2D eigenvalue weighted by Crippen LogP contribution is -1.95. The minimum Gasteiger partial charge on any atom is -0.507 e. The Morgan fingerprint density at radius 1 is 0.917 bits per heavy atom. The van der Waals surface area contributed by atoms with Gasteiger partial charge >= 0.3 is 0 Å². The van der Waals surface area contributed by atoms with Crippen LogP contribution in [0.4, 0.5) is 0 Å². The van der Waals surface area contributed by atoms with E-state index in [9.17, 15) is 5.11 Å². The van der Waals surface area contributed by atoms with Gasteiger partial charge in [-0.05, 0) is 29.7 Å². The molecule has 1 aromatic heterocycles. The maximum absolute atomic E-state index is 10.1. The summed E-state index contributed by atoms with van der Waals surface area (Å²) in [5, 5.41) is 10.1. The predicted octanol–water partition coefficient (Wildman–Crippen LogP) is 4.21. The van der Waals surface area contributed by atoms with Crippen molar-refractivity contribution in [1.29, 1.82) is 0 Å². The van der Waals surface area contributed by atoms with Gasteiger partial charge in [-0.2, -0.15) is 4.37 Å². The lowest BCUT2D eigenvalue weighted by Gasteiger charge is -2.14. The van der Waals surface area contributed by atoms with Crippen LogP contribution in [0, 0.1) is 0 Å². The van der Waals surface area contributed by atoms with Crippen molar-refractivity contribution in [3.63, 3.8) is 0 Å². The topological polar surface area (TPSA) is 60.8 Å². The molecule has 0 aliphatic heterocycles. The molecule has 0 aliphatic rings. The molecular weight excluding hydrogens is 326 g/mol. The highest BCUT2D eigenvalue weighted by Crippen LogP contribution is 2.45. The molecule has 6 heteroatoms. The SMILES string of the molecule is COc1cc(-c2sncc2-c2ccccc2O)cc(OC)c1OC. The Bertz CT molecular complexity index is 835. The second-order valence-corrected chi connectivity index (χ2v) is 5.80. The second kappa shape index (κ2) is 6.80. The summed E-state index contributed by atoms with van der Waals surface area (Å²) in [6, 6.07) is 10.9. The molecule has 0 saturated heterocycles. The largest absolute Gasteiger partial charge is 0.507 e. The molecule has 0 atom stereocenters. The highest BCUT2D eigenvalue weighted by atomic mass is 32.1. The minimum atomic E-state index is 0.214. The van der Waals surface area contributed by atoms with E-state index in [1.807, 2.05) is 24.3 Å². The Hall–Kier alpha value is -2.73. The summed E-state index contributed by atoms with van der Waals surface area (Å²) in [6.07, 6.45) is 1.75. The van der Waals surface area contributed by atoms with Crippen LogP contribution in [-0.2, 0) is 0 Å². The van der Waals surface area contributed by atoms with Gasteiger partial charge in [0.15, 0.2) is 11.5 Å². The van der Waals surface area contributed by atoms with E-state index in [4.69, 9.17) is 14.2 Å². The van der Waals surface area contributed by atoms with Gasteiger partial charge in [0, 0.05) is 22.9 Å². The van der Waals surface area contributed by atoms with Crippen LogP contribution in [0.3, 0.4) is 0 Å². The van der Waals surface area contributed by atoms with Crippen LogP contribution in [0.2, 0.25) is 0 Å². The molecule has 1 heterocycles. The van der Waals surface area contributed by atoms with Crippen molar-refractivity contribution in [2.45, 2.75) is 0 Å². The zero-order valence-corrected chi connectivity index (χ0v) is 14.4. The zero-order chi connectivity index (χ0) is 17.1. The van der Waals surface area contributed by atoms with Gasteiger partial charge in [-0.3, -0.25) is 0 Å². The summed E-state index contributed by atoms with van der Waals surface area (Å²) in [5.74, 6) is 1.90. The number of aromatic nitrogens is 1. The Kier molecular flexibility index (Phi) is 4.57. The zero-order valence-electron chi connectivity index (χ0n) is 13.6. The van der Waals surface area contributed by atoms with E-state index < -0.39 is 0 Å². The first-order chi connectivity index (χ1) is 11.7. The van der Waals surface area contributed by atoms with Crippen LogP contribution in [0.25, 0.3) is 21.6 Å². The lowest BCUT2D eigenvalue weighted by atomic mass is 10.0. The van der Waals surface area contributed by atoms with Gasteiger partial charge in [-0.1, -0.05) is 18.2 Å². The molecular formula is C18H17NO4S. The van der Waals surface area contributed by atoms with Gasteiger partial charge in [0.2, 0.25) is 5.75 Å². The average molecular weight is 343 g/mol. The number of hydrogen-bond acceptors (Lipinski definition) is 6. The van der Waals surface area contributed by atoms with E-state index in [-0.39, 0.29) is 5.75 Å². The molecule has 0 unspecified atom stereocenters. The van der Waals surface area contributed by atoms with Crippen molar-refractivity contribution in [1.82, 2.24) is 4.37 Å². The highest BCUT2D eigenvalue weighted by molar-refractivity contribution is 7.10. The molecule has 1 N–H and O–H groups in total. The molecule has 0 bridgehead atoms. The van der Waals surface area contributed by atoms with Crippen molar-refractivity contribution in [3.8, 4) is 44.6 Å². The van der Waals surface area contributed by atoms with Crippen LogP contribution in [0.5, 0.6) is 23.0 Å². The number of phenols is 1. The van der Waals surface area contributed by atoms with Crippen LogP contribution < -0.4 is 14.2 Å². The third-order valence-corrected chi connectivity index (χ3v) is 4.54. The van der Waals surface area contributed by atoms with Gasteiger partial charge in [-0.25, -0.2) is 0 Å². The van der Waals surface area contributed by atoms with Crippen LogP contribution in [0.15, 0.2) is 42.6 Å². The van der Waals surface area contributed by atoms with Crippen LogP contribution in [0.1, 0.15) is 0 Å². The molecule has 0 fully saturated rings. The van der Waals surface area contributed by atoms with E-state index >= 15 is 0 Å². The van der Waals surface area contributed by atoms with Gasteiger partial charge in [0.25, 0.3) is 0 Å². The minimum absolute atomic E-state index is 0.214. The fourth-order valence-corrected chi connectivity index (χ4v) is 3.30. The quantitative estimate of drug-likeness (QED) is 0.752. The van der Waals surface area contributed by atoms with Crippen LogP contribution >= 0.6 is 11.5 Å². The van der Waals surface area contributed by atoms with E-state index in [1.54, 1.807) is 39.7 Å². The van der Waals surface area contributed by atoms with E-state index in [0.29, 0.717) is 17.2 Å². The maximum atomic E-state index is 10.1. The van der Waals surface area contributed by atoms with Crippen LogP contribution in [-0.4, -0.2) is 30.8 Å². The summed E-state index contributed by atoms with van der Waals surface area (Å²) in [5.41, 5.74) is 2.47. The van der Waals surface area contributed by atoms with E-state index in [2.05, 4.69) is 4.37 Å². The number of aromatic hydroxyl groups is 1. The fraction of sp³-hybridized carbons (Fsp3) is 0.167.